The largest absolute Gasteiger partial charge is 0.486 e. The van der Waals surface area contributed by atoms with Crippen LogP contribution >= 0.6 is 0 Å². The number of hydrogen-bond donors (Lipinski definition) is 1. The smallest absolute Gasteiger partial charge is 0.161 e. The van der Waals surface area contributed by atoms with Crippen molar-refractivity contribution in [3.63, 3.8) is 0 Å². The molecular weight excluding hydrogens is 240 g/mol. The fourth-order valence-electron chi connectivity index (χ4n) is 2.66. The molecule has 0 amide bonds. The van der Waals surface area contributed by atoms with Gasteiger partial charge >= 0.3 is 0 Å². The third-order valence-corrected chi connectivity index (χ3v) is 3.76. The lowest BCUT2D eigenvalue weighted by molar-refractivity contribution is 0.171. The molecule has 4 nitrogen and oxygen atoms in total. The number of ether oxygens (including phenoxy) is 2. The number of nitrogens with zero attached hydrogens (tertiary/aromatic N) is 1. The number of benzene rings is 1. The molecule has 0 bridgehead atoms. The average molecular weight is 262 g/mol. The zero-order valence-corrected chi connectivity index (χ0v) is 11.4. The van der Waals surface area contributed by atoms with E-state index in [2.05, 4.69) is 22.3 Å². The third kappa shape index (κ3) is 3.39. The van der Waals surface area contributed by atoms with Crippen LogP contribution in [0.15, 0.2) is 18.2 Å². The summed E-state index contributed by atoms with van der Waals surface area (Å²) in [5.41, 5.74) is 1.33. The normalized spacial score (nSPS) is 20.0. The molecule has 1 N–H and O–H groups in total. The monoisotopic (exact) mass is 262 g/mol. The maximum absolute atomic E-state index is 5.63. The maximum Gasteiger partial charge on any atom is 0.161 e. The van der Waals surface area contributed by atoms with Crippen molar-refractivity contribution in [2.24, 2.45) is 0 Å². The molecule has 1 fully saturated rings. The number of fused-ring (bicyclic) bond motifs is 1. The van der Waals surface area contributed by atoms with Crippen molar-refractivity contribution < 1.29 is 9.47 Å². The molecule has 3 rings (SSSR count). The van der Waals surface area contributed by atoms with Crippen LogP contribution in [0.5, 0.6) is 11.5 Å². The highest BCUT2D eigenvalue weighted by molar-refractivity contribution is 5.43. The van der Waals surface area contributed by atoms with Crippen LogP contribution in [-0.4, -0.2) is 50.8 Å². The average Bonchev–Trinajstić information content (AvgIpc) is 2.73. The topological polar surface area (TPSA) is 33.7 Å². The summed E-state index contributed by atoms with van der Waals surface area (Å²) in [6, 6.07) is 6.32. The third-order valence-electron chi connectivity index (χ3n) is 3.76. The van der Waals surface area contributed by atoms with Crippen molar-refractivity contribution >= 4 is 0 Å². The van der Waals surface area contributed by atoms with E-state index in [1.807, 2.05) is 6.07 Å². The van der Waals surface area contributed by atoms with Crippen LogP contribution in [0.25, 0.3) is 0 Å². The molecule has 2 heterocycles. The molecule has 1 aromatic rings. The minimum absolute atomic E-state index is 0.660. The lowest BCUT2D eigenvalue weighted by Crippen LogP contribution is -2.30. The van der Waals surface area contributed by atoms with Crippen LogP contribution in [-0.2, 0) is 6.42 Å². The molecule has 0 unspecified atom stereocenters. The van der Waals surface area contributed by atoms with Crippen molar-refractivity contribution in [3.05, 3.63) is 23.8 Å². The Balaban J connectivity index is 1.57. The van der Waals surface area contributed by atoms with Gasteiger partial charge in [-0.05, 0) is 43.6 Å². The first-order valence-corrected chi connectivity index (χ1v) is 7.23. The highest BCUT2D eigenvalue weighted by Gasteiger charge is 2.13. The Hall–Kier alpha value is -1.26. The molecule has 19 heavy (non-hydrogen) atoms. The Morgan fingerprint density at radius 3 is 2.89 bits per heavy atom. The van der Waals surface area contributed by atoms with Crippen LogP contribution < -0.4 is 14.8 Å². The van der Waals surface area contributed by atoms with Crippen molar-refractivity contribution in [1.29, 1.82) is 0 Å². The molecule has 0 radical (unpaired) electrons. The summed E-state index contributed by atoms with van der Waals surface area (Å²) in [7, 11) is 0. The SMILES string of the molecule is c1cc2c(cc1CCN1CCCNCC1)OCCO2. The van der Waals surface area contributed by atoms with Crippen molar-refractivity contribution in [3.8, 4) is 11.5 Å². The maximum atomic E-state index is 5.63. The molecule has 2 aliphatic rings. The number of nitrogens with one attached hydrogen (secondary N) is 1. The summed E-state index contributed by atoms with van der Waals surface area (Å²) >= 11 is 0. The number of hydrogen-bond acceptors (Lipinski definition) is 4. The second-order valence-corrected chi connectivity index (χ2v) is 5.17. The van der Waals surface area contributed by atoms with Gasteiger partial charge in [-0.3, -0.25) is 0 Å². The first-order valence-electron chi connectivity index (χ1n) is 7.23. The van der Waals surface area contributed by atoms with Gasteiger partial charge < -0.3 is 19.7 Å². The van der Waals surface area contributed by atoms with Gasteiger partial charge in [0, 0.05) is 19.6 Å². The second kappa shape index (κ2) is 6.26. The summed E-state index contributed by atoms with van der Waals surface area (Å²) < 4.78 is 11.2. The number of rotatable bonds is 3. The molecule has 0 aromatic heterocycles. The molecule has 2 aliphatic heterocycles. The van der Waals surface area contributed by atoms with Crippen LogP contribution in [0.3, 0.4) is 0 Å². The highest BCUT2D eigenvalue weighted by Crippen LogP contribution is 2.30. The minimum Gasteiger partial charge on any atom is -0.486 e. The van der Waals surface area contributed by atoms with E-state index in [4.69, 9.17) is 9.47 Å². The van der Waals surface area contributed by atoms with Crippen molar-refractivity contribution in [1.82, 2.24) is 10.2 Å². The fourth-order valence-corrected chi connectivity index (χ4v) is 2.66. The Morgan fingerprint density at radius 1 is 1.05 bits per heavy atom. The molecule has 1 aromatic carbocycles. The lowest BCUT2D eigenvalue weighted by atomic mass is 10.1. The van der Waals surface area contributed by atoms with Gasteiger partial charge in [-0.1, -0.05) is 6.07 Å². The van der Waals surface area contributed by atoms with E-state index in [1.165, 1.54) is 18.5 Å². The summed E-state index contributed by atoms with van der Waals surface area (Å²) in [5, 5.41) is 3.44. The molecule has 1 saturated heterocycles. The Morgan fingerprint density at radius 2 is 1.95 bits per heavy atom. The van der Waals surface area contributed by atoms with E-state index in [0.29, 0.717) is 13.2 Å². The zero-order valence-electron chi connectivity index (χ0n) is 11.4. The standard InChI is InChI=1S/C15H22N2O2/c1-5-16-6-9-17(7-1)8-4-13-2-3-14-15(12-13)19-11-10-18-14/h2-3,12,16H,1,4-11H2. The molecule has 4 heteroatoms. The second-order valence-electron chi connectivity index (χ2n) is 5.17. The van der Waals surface area contributed by atoms with Gasteiger partial charge in [-0.2, -0.15) is 0 Å². The summed E-state index contributed by atoms with van der Waals surface area (Å²) in [6.45, 7) is 7.08. The quantitative estimate of drug-likeness (QED) is 0.890. The zero-order chi connectivity index (χ0) is 12.9. The van der Waals surface area contributed by atoms with Crippen molar-refractivity contribution in [2.75, 3.05) is 45.9 Å². The molecule has 0 aliphatic carbocycles. The van der Waals surface area contributed by atoms with E-state index in [-0.39, 0.29) is 0 Å². The Kier molecular flexibility index (Phi) is 4.20. The van der Waals surface area contributed by atoms with Gasteiger partial charge in [-0.15, -0.1) is 0 Å². The molecule has 0 atom stereocenters. The first-order chi connectivity index (χ1) is 9.42. The van der Waals surface area contributed by atoms with Crippen molar-refractivity contribution in [2.45, 2.75) is 12.8 Å². The molecule has 0 spiro atoms. The van der Waals surface area contributed by atoms with E-state index in [9.17, 15) is 0 Å². The van der Waals surface area contributed by atoms with Crippen LogP contribution in [0.2, 0.25) is 0 Å². The predicted molar refractivity (Wildman–Crippen MR) is 75.1 cm³/mol. The van der Waals surface area contributed by atoms with E-state index < -0.39 is 0 Å². The van der Waals surface area contributed by atoms with E-state index in [0.717, 1.165) is 44.1 Å². The van der Waals surface area contributed by atoms with Gasteiger partial charge in [-0.25, -0.2) is 0 Å². The molecule has 104 valence electrons. The van der Waals surface area contributed by atoms with Gasteiger partial charge in [0.2, 0.25) is 0 Å². The van der Waals surface area contributed by atoms with Crippen LogP contribution in [0.4, 0.5) is 0 Å². The van der Waals surface area contributed by atoms with E-state index in [1.54, 1.807) is 0 Å². The van der Waals surface area contributed by atoms with E-state index >= 15 is 0 Å². The van der Waals surface area contributed by atoms with Crippen LogP contribution in [0, 0.1) is 0 Å². The predicted octanol–water partition coefficient (Wildman–Crippen LogP) is 1.30. The Labute approximate surface area is 114 Å². The first kappa shape index (κ1) is 12.8. The van der Waals surface area contributed by atoms with Gasteiger partial charge in [0.15, 0.2) is 11.5 Å². The molecular formula is C15H22N2O2. The summed E-state index contributed by atoms with van der Waals surface area (Å²) in [4.78, 5) is 2.54. The summed E-state index contributed by atoms with van der Waals surface area (Å²) in [5.74, 6) is 1.79. The Bertz CT molecular complexity index is 415. The van der Waals surface area contributed by atoms with Crippen LogP contribution in [0.1, 0.15) is 12.0 Å². The van der Waals surface area contributed by atoms with Gasteiger partial charge in [0.1, 0.15) is 13.2 Å². The fraction of sp³-hybridized carbons (Fsp3) is 0.600. The summed E-state index contributed by atoms with van der Waals surface area (Å²) in [6.07, 6.45) is 2.33. The van der Waals surface area contributed by atoms with Gasteiger partial charge in [0.25, 0.3) is 0 Å². The van der Waals surface area contributed by atoms with Gasteiger partial charge in [0.05, 0.1) is 0 Å². The lowest BCUT2D eigenvalue weighted by Gasteiger charge is -2.21. The minimum atomic E-state index is 0.660. The molecule has 0 saturated carbocycles. The highest BCUT2D eigenvalue weighted by atomic mass is 16.6.